The molecule has 1 aliphatic heterocycles. The molecule has 3 heteroatoms. The van der Waals surface area contributed by atoms with Gasteiger partial charge in [-0.3, -0.25) is 4.21 Å². The second-order valence-electron chi connectivity index (χ2n) is 5.20. The van der Waals surface area contributed by atoms with E-state index in [1.807, 2.05) is 4.31 Å². The summed E-state index contributed by atoms with van der Waals surface area (Å²) in [4.78, 5) is 0. The average Bonchev–Trinajstić information content (AvgIpc) is 2.03. The van der Waals surface area contributed by atoms with Crippen LogP contribution in [-0.4, -0.2) is 33.7 Å². The Kier molecular flexibility index (Phi) is 3.32. The van der Waals surface area contributed by atoms with Crippen molar-refractivity contribution in [2.24, 2.45) is 11.3 Å². The van der Waals surface area contributed by atoms with Gasteiger partial charge in [-0.05, 0) is 30.0 Å². The molecule has 0 aromatic carbocycles. The Labute approximate surface area is 88.8 Å². The summed E-state index contributed by atoms with van der Waals surface area (Å²) in [5.41, 5.74) is 0.432. The minimum atomic E-state index is -1.97. The highest BCUT2D eigenvalue weighted by Gasteiger charge is 2.33. The third kappa shape index (κ3) is 2.51. The second kappa shape index (κ2) is 3.86. The van der Waals surface area contributed by atoms with Crippen molar-refractivity contribution < 1.29 is 4.21 Å². The van der Waals surface area contributed by atoms with Gasteiger partial charge in [0.15, 0.2) is 0 Å². The summed E-state index contributed by atoms with van der Waals surface area (Å²) in [6.45, 7) is 8.78. The maximum absolute atomic E-state index is 11.7. The molecule has 0 aromatic rings. The smallest absolute Gasteiger partial charge is 0.0245 e. The van der Waals surface area contributed by atoms with Crippen molar-refractivity contribution in [2.75, 3.05) is 19.3 Å². The standard InChI is InChI=1S/C11H23NOS/c1-10(2)11(3)6-8-12(9-7-11)14(4,5)13/h10H,4,6-9H2,1-3,5H3. The monoisotopic (exact) mass is 217 g/mol. The molecule has 1 rings (SSSR count). The van der Waals surface area contributed by atoms with Crippen LogP contribution in [0.15, 0.2) is 0 Å². The number of nitrogens with zero attached hydrogens (tertiary/aromatic N) is 1. The minimum Gasteiger partial charge on any atom is -0.253 e. The van der Waals surface area contributed by atoms with E-state index >= 15 is 0 Å². The highest BCUT2D eigenvalue weighted by atomic mass is 32.2. The van der Waals surface area contributed by atoms with Crippen LogP contribution in [0.25, 0.3) is 0 Å². The molecule has 1 atom stereocenters. The topological polar surface area (TPSA) is 20.3 Å². The van der Waals surface area contributed by atoms with Crippen molar-refractivity contribution in [3.05, 3.63) is 0 Å². The summed E-state index contributed by atoms with van der Waals surface area (Å²) >= 11 is 0. The van der Waals surface area contributed by atoms with Gasteiger partial charge in [0.25, 0.3) is 0 Å². The van der Waals surface area contributed by atoms with Crippen LogP contribution in [0, 0.1) is 11.3 Å². The van der Waals surface area contributed by atoms with Gasteiger partial charge in [0.2, 0.25) is 0 Å². The molecule has 2 nitrogen and oxygen atoms in total. The fourth-order valence-corrected chi connectivity index (χ4v) is 2.92. The molecule has 0 radical (unpaired) electrons. The lowest BCUT2D eigenvalue weighted by molar-refractivity contribution is 0.120. The molecule has 1 unspecified atom stereocenters. The van der Waals surface area contributed by atoms with Gasteiger partial charge in [-0.1, -0.05) is 20.8 Å². The maximum atomic E-state index is 11.7. The predicted molar refractivity (Wildman–Crippen MR) is 64.9 cm³/mol. The molecular weight excluding hydrogens is 194 g/mol. The molecular formula is C11H23NOS. The van der Waals surface area contributed by atoms with E-state index in [9.17, 15) is 4.21 Å². The van der Waals surface area contributed by atoms with E-state index in [1.54, 1.807) is 6.26 Å². The number of rotatable bonds is 2. The Balaban J connectivity index is 2.63. The average molecular weight is 217 g/mol. The van der Waals surface area contributed by atoms with Crippen LogP contribution in [0.3, 0.4) is 0 Å². The van der Waals surface area contributed by atoms with Gasteiger partial charge in [-0.2, -0.15) is 0 Å². The van der Waals surface area contributed by atoms with Crippen molar-refractivity contribution in [3.63, 3.8) is 0 Å². The van der Waals surface area contributed by atoms with Gasteiger partial charge in [0, 0.05) is 29.1 Å². The van der Waals surface area contributed by atoms with Crippen molar-refractivity contribution in [1.29, 1.82) is 0 Å². The minimum absolute atomic E-state index is 0.432. The van der Waals surface area contributed by atoms with Gasteiger partial charge in [-0.15, -0.1) is 0 Å². The van der Waals surface area contributed by atoms with E-state index in [0.717, 1.165) is 25.9 Å². The molecule has 1 aliphatic rings. The Hall–Kier alpha value is -0.0200. The Bertz CT molecular complexity index is 284. The van der Waals surface area contributed by atoms with E-state index in [-0.39, 0.29) is 0 Å². The highest BCUT2D eigenvalue weighted by molar-refractivity contribution is 7.97. The first-order valence-electron chi connectivity index (χ1n) is 5.33. The molecule has 1 saturated heterocycles. The number of piperidine rings is 1. The van der Waals surface area contributed by atoms with Crippen molar-refractivity contribution in [1.82, 2.24) is 4.31 Å². The Morgan fingerprint density at radius 3 is 2.07 bits per heavy atom. The van der Waals surface area contributed by atoms with Crippen LogP contribution in [0.2, 0.25) is 0 Å². The third-order valence-corrected chi connectivity index (χ3v) is 5.26. The second-order valence-corrected chi connectivity index (χ2v) is 7.63. The van der Waals surface area contributed by atoms with E-state index < -0.39 is 9.71 Å². The largest absolute Gasteiger partial charge is 0.253 e. The summed E-state index contributed by atoms with van der Waals surface area (Å²) in [6.07, 6.45) is 4.03. The van der Waals surface area contributed by atoms with Crippen LogP contribution >= 0.6 is 0 Å². The van der Waals surface area contributed by atoms with Gasteiger partial charge in [0.05, 0.1) is 0 Å². The predicted octanol–water partition coefficient (Wildman–Crippen LogP) is 2.01. The zero-order valence-electron chi connectivity index (χ0n) is 9.88. The van der Waals surface area contributed by atoms with E-state index in [1.165, 1.54) is 0 Å². The normalized spacial score (nSPS) is 27.5. The molecule has 1 heterocycles. The Morgan fingerprint density at radius 2 is 1.79 bits per heavy atom. The summed E-state index contributed by atoms with van der Waals surface area (Å²) in [5.74, 6) is 4.45. The molecule has 84 valence electrons. The van der Waals surface area contributed by atoms with Gasteiger partial charge in [-0.25, -0.2) is 4.31 Å². The molecule has 0 aromatic heterocycles. The van der Waals surface area contributed by atoms with Crippen molar-refractivity contribution >= 4 is 15.6 Å². The Morgan fingerprint density at radius 1 is 1.36 bits per heavy atom. The molecule has 0 saturated carbocycles. The zero-order valence-corrected chi connectivity index (χ0v) is 10.7. The first kappa shape index (κ1) is 12.1. The lowest BCUT2D eigenvalue weighted by Gasteiger charge is -2.42. The van der Waals surface area contributed by atoms with E-state index in [4.69, 9.17) is 0 Å². The quantitative estimate of drug-likeness (QED) is 0.648. The lowest BCUT2D eigenvalue weighted by atomic mass is 9.72. The van der Waals surface area contributed by atoms with Gasteiger partial charge >= 0.3 is 0 Å². The first-order valence-corrected chi connectivity index (χ1v) is 7.42. The maximum Gasteiger partial charge on any atom is 0.0245 e. The molecule has 14 heavy (non-hydrogen) atoms. The SMILES string of the molecule is C=S(C)(=O)N1CCC(C)(C(C)C)CC1. The lowest BCUT2D eigenvalue weighted by Crippen LogP contribution is -2.43. The highest BCUT2D eigenvalue weighted by Crippen LogP contribution is 2.38. The first-order chi connectivity index (χ1) is 6.26. The van der Waals surface area contributed by atoms with Gasteiger partial charge < -0.3 is 0 Å². The zero-order chi connectivity index (χ0) is 11.0. The number of hydrogen-bond acceptors (Lipinski definition) is 1. The van der Waals surface area contributed by atoms with Crippen LogP contribution in [0.1, 0.15) is 33.6 Å². The molecule has 0 N–H and O–H groups in total. The molecule has 0 amide bonds. The van der Waals surface area contributed by atoms with Crippen LogP contribution in [-0.2, 0) is 9.71 Å². The summed E-state index contributed by atoms with van der Waals surface area (Å²) in [7, 11) is -1.97. The van der Waals surface area contributed by atoms with E-state index in [2.05, 4.69) is 26.6 Å². The fraction of sp³-hybridized carbons (Fsp3) is 0.909. The molecule has 0 bridgehead atoms. The molecule has 0 spiro atoms. The summed E-state index contributed by atoms with van der Waals surface area (Å²) in [5, 5.41) is 0. The third-order valence-electron chi connectivity index (χ3n) is 3.80. The summed E-state index contributed by atoms with van der Waals surface area (Å²) < 4.78 is 13.8. The van der Waals surface area contributed by atoms with Crippen molar-refractivity contribution in [2.45, 2.75) is 33.6 Å². The van der Waals surface area contributed by atoms with Gasteiger partial charge in [0.1, 0.15) is 0 Å². The van der Waals surface area contributed by atoms with Crippen LogP contribution < -0.4 is 0 Å². The fourth-order valence-electron chi connectivity index (χ4n) is 1.96. The molecule has 1 fully saturated rings. The summed E-state index contributed by atoms with van der Waals surface area (Å²) in [6, 6.07) is 0. The van der Waals surface area contributed by atoms with E-state index in [0.29, 0.717) is 11.3 Å². The molecule has 0 aliphatic carbocycles. The van der Waals surface area contributed by atoms with Crippen molar-refractivity contribution in [3.8, 4) is 0 Å². The van der Waals surface area contributed by atoms with Crippen LogP contribution in [0.4, 0.5) is 0 Å². The van der Waals surface area contributed by atoms with Crippen LogP contribution in [0.5, 0.6) is 0 Å². The number of hydrogen-bond donors (Lipinski definition) is 0.